The number of benzene rings is 1. The number of dihydropyridines is 1. The van der Waals surface area contributed by atoms with Crippen LogP contribution in [0.25, 0.3) is 0 Å². The number of carbonyl (C=O) groups excluding carboxylic acids is 2. The minimum atomic E-state index is -0.620. The second-order valence-corrected chi connectivity index (χ2v) is 4.89. The zero-order valence-corrected chi connectivity index (χ0v) is 12.6. The minimum absolute atomic E-state index is 0.143. The lowest BCUT2D eigenvalue weighted by molar-refractivity contribution is -0.137. The van der Waals surface area contributed by atoms with Crippen LogP contribution in [0.1, 0.15) is 11.5 Å². The molecule has 0 spiro atoms. The van der Waals surface area contributed by atoms with Crippen molar-refractivity contribution < 1.29 is 28.5 Å². The summed E-state index contributed by atoms with van der Waals surface area (Å²) < 4.78 is 20.3. The second-order valence-electron chi connectivity index (χ2n) is 4.89. The van der Waals surface area contributed by atoms with Crippen LogP contribution in [0, 0.1) is 0 Å². The smallest absolute Gasteiger partial charge is 0.336 e. The van der Waals surface area contributed by atoms with Crippen molar-refractivity contribution >= 4 is 11.9 Å². The van der Waals surface area contributed by atoms with Crippen LogP contribution in [-0.4, -0.2) is 33.0 Å². The Hall–Kier alpha value is -2.96. The molecule has 7 heteroatoms. The molecule has 1 N–H and O–H groups in total. The van der Waals surface area contributed by atoms with Crippen molar-refractivity contribution in [3.8, 4) is 11.5 Å². The van der Waals surface area contributed by atoms with Crippen LogP contribution in [0.3, 0.4) is 0 Å². The Kier molecular flexibility index (Phi) is 3.92. The van der Waals surface area contributed by atoms with Crippen LogP contribution in [0.5, 0.6) is 11.5 Å². The Labute approximate surface area is 132 Å². The van der Waals surface area contributed by atoms with E-state index >= 15 is 0 Å². The van der Waals surface area contributed by atoms with E-state index in [0.29, 0.717) is 28.2 Å². The first-order valence-corrected chi connectivity index (χ1v) is 6.88. The van der Waals surface area contributed by atoms with E-state index in [0.717, 1.165) is 0 Å². The summed E-state index contributed by atoms with van der Waals surface area (Å²) in [6.07, 6.45) is 3.01. The number of methoxy groups -OCH3 is 2. The highest BCUT2D eigenvalue weighted by Crippen LogP contribution is 2.40. The first-order valence-electron chi connectivity index (χ1n) is 6.88. The number of esters is 2. The van der Waals surface area contributed by atoms with E-state index in [2.05, 4.69) is 5.32 Å². The van der Waals surface area contributed by atoms with Gasteiger partial charge in [0.1, 0.15) is 0 Å². The third kappa shape index (κ3) is 2.61. The highest BCUT2D eigenvalue weighted by molar-refractivity contribution is 5.98. The summed E-state index contributed by atoms with van der Waals surface area (Å²) in [5.41, 5.74) is 1.30. The predicted molar refractivity (Wildman–Crippen MR) is 78.6 cm³/mol. The topological polar surface area (TPSA) is 83.1 Å². The van der Waals surface area contributed by atoms with E-state index in [1.54, 1.807) is 18.2 Å². The number of nitrogens with one attached hydrogen (secondary N) is 1. The molecule has 0 aliphatic carbocycles. The molecule has 7 nitrogen and oxygen atoms in total. The molecule has 0 aromatic heterocycles. The summed E-state index contributed by atoms with van der Waals surface area (Å²) >= 11 is 0. The van der Waals surface area contributed by atoms with Gasteiger partial charge in [-0.25, -0.2) is 9.59 Å². The molecule has 120 valence electrons. The van der Waals surface area contributed by atoms with Gasteiger partial charge in [-0.15, -0.1) is 0 Å². The van der Waals surface area contributed by atoms with Crippen molar-refractivity contribution in [2.75, 3.05) is 21.0 Å². The number of carbonyl (C=O) groups is 2. The number of fused-ring (bicyclic) bond motifs is 1. The van der Waals surface area contributed by atoms with Crippen LogP contribution in [0.4, 0.5) is 0 Å². The minimum Gasteiger partial charge on any atom is -0.466 e. The third-order valence-corrected chi connectivity index (χ3v) is 3.67. The number of hydrogen-bond acceptors (Lipinski definition) is 7. The molecule has 2 aliphatic heterocycles. The molecular formula is C16H15NO6. The van der Waals surface area contributed by atoms with Gasteiger partial charge in [0.15, 0.2) is 11.5 Å². The first kappa shape index (κ1) is 15.0. The van der Waals surface area contributed by atoms with Crippen molar-refractivity contribution in [1.82, 2.24) is 5.32 Å². The van der Waals surface area contributed by atoms with E-state index in [1.165, 1.54) is 26.6 Å². The Morgan fingerprint density at radius 3 is 2.26 bits per heavy atom. The van der Waals surface area contributed by atoms with Crippen LogP contribution >= 0.6 is 0 Å². The largest absolute Gasteiger partial charge is 0.466 e. The van der Waals surface area contributed by atoms with Gasteiger partial charge >= 0.3 is 11.9 Å². The van der Waals surface area contributed by atoms with E-state index in [4.69, 9.17) is 18.9 Å². The van der Waals surface area contributed by atoms with E-state index in [-0.39, 0.29) is 6.79 Å². The Morgan fingerprint density at radius 2 is 1.65 bits per heavy atom. The molecule has 23 heavy (non-hydrogen) atoms. The van der Waals surface area contributed by atoms with Gasteiger partial charge in [0.25, 0.3) is 0 Å². The molecule has 2 heterocycles. The molecule has 1 aromatic carbocycles. The molecule has 0 saturated carbocycles. The second kappa shape index (κ2) is 6.04. The highest BCUT2D eigenvalue weighted by Gasteiger charge is 2.34. The lowest BCUT2D eigenvalue weighted by Gasteiger charge is -2.24. The van der Waals surface area contributed by atoms with Gasteiger partial charge in [-0.2, -0.15) is 0 Å². The molecule has 0 radical (unpaired) electrons. The molecule has 0 saturated heterocycles. The number of hydrogen-bond donors (Lipinski definition) is 1. The SMILES string of the molecule is COC(=O)C1=CNC=C(C(=O)OC)C1c1ccc2c(c1)OCO2. The summed E-state index contributed by atoms with van der Waals surface area (Å²) in [6.45, 7) is 0.143. The van der Waals surface area contributed by atoms with Crippen molar-refractivity contribution in [2.45, 2.75) is 5.92 Å². The fourth-order valence-corrected chi connectivity index (χ4v) is 2.60. The number of rotatable bonds is 3. The number of ether oxygens (including phenoxy) is 4. The fourth-order valence-electron chi connectivity index (χ4n) is 2.60. The molecule has 2 aliphatic rings. The van der Waals surface area contributed by atoms with Gasteiger partial charge < -0.3 is 24.3 Å². The normalized spacial score (nSPS) is 16.1. The standard InChI is InChI=1S/C16H15NO6/c1-20-15(18)10-6-17-7-11(16(19)21-2)14(10)9-3-4-12-13(5-9)23-8-22-12/h3-7,14,17H,8H2,1-2H3. The average molecular weight is 317 g/mol. The maximum atomic E-state index is 12.1. The van der Waals surface area contributed by atoms with Gasteiger partial charge in [0.2, 0.25) is 6.79 Å². The highest BCUT2D eigenvalue weighted by atomic mass is 16.7. The van der Waals surface area contributed by atoms with Crippen molar-refractivity contribution in [2.24, 2.45) is 0 Å². The summed E-state index contributed by atoms with van der Waals surface area (Å²) in [6, 6.07) is 5.26. The van der Waals surface area contributed by atoms with Gasteiger partial charge in [0.05, 0.1) is 31.3 Å². The van der Waals surface area contributed by atoms with Gasteiger partial charge in [-0.3, -0.25) is 0 Å². The Balaban J connectivity index is 2.06. The molecule has 0 amide bonds. The zero-order valence-electron chi connectivity index (χ0n) is 12.6. The molecule has 1 aromatic rings. The fraction of sp³-hybridized carbons (Fsp3) is 0.250. The van der Waals surface area contributed by atoms with Crippen LogP contribution in [0.15, 0.2) is 41.7 Å². The maximum absolute atomic E-state index is 12.1. The average Bonchev–Trinajstić information content (AvgIpc) is 3.07. The van der Waals surface area contributed by atoms with E-state index in [1.807, 2.05) is 0 Å². The van der Waals surface area contributed by atoms with Gasteiger partial charge in [0, 0.05) is 12.4 Å². The van der Waals surface area contributed by atoms with E-state index in [9.17, 15) is 9.59 Å². The van der Waals surface area contributed by atoms with Crippen LogP contribution < -0.4 is 14.8 Å². The van der Waals surface area contributed by atoms with Crippen molar-refractivity contribution in [3.63, 3.8) is 0 Å². The van der Waals surface area contributed by atoms with Crippen LogP contribution in [0.2, 0.25) is 0 Å². The maximum Gasteiger partial charge on any atom is 0.336 e. The summed E-state index contributed by atoms with van der Waals surface area (Å²) in [7, 11) is 2.58. The van der Waals surface area contributed by atoms with Crippen molar-refractivity contribution in [1.29, 1.82) is 0 Å². The summed E-state index contributed by atoms with van der Waals surface area (Å²) in [5, 5.41) is 2.79. The molecule has 0 fully saturated rings. The van der Waals surface area contributed by atoms with Gasteiger partial charge in [-0.1, -0.05) is 6.07 Å². The lowest BCUT2D eigenvalue weighted by atomic mass is 9.83. The molecule has 3 rings (SSSR count). The zero-order chi connectivity index (χ0) is 16.4. The first-order chi connectivity index (χ1) is 11.2. The Bertz CT molecular complexity index is 689. The molecule has 0 unspecified atom stereocenters. The monoisotopic (exact) mass is 317 g/mol. The van der Waals surface area contributed by atoms with E-state index < -0.39 is 17.9 Å². The van der Waals surface area contributed by atoms with Crippen molar-refractivity contribution in [3.05, 3.63) is 47.3 Å². The predicted octanol–water partition coefficient (Wildman–Crippen LogP) is 1.22. The Morgan fingerprint density at radius 1 is 1.04 bits per heavy atom. The molecular weight excluding hydrogens is 302 g/mol. The molecule has 0 atom stereocenters. The van der Waals surface area contributed by atoms with Crippen LogP contribution in [-0.2, 0) is 19.1 Å². The lowest BCUT2D eigenvalue weighted by Crippen LogP contribution is -2.26. The van der Waals surface area contributed by atoms with Gasteiger partial charge in [-0.05, 0) is 17.7 Å². The summed E-state index contributed by atoms with van der Waals surface area (Å²) in [5.74, 6) is -0.501. The molecule has 0 bridgehead atoms. The quantitative estimate of drug-likeness (QED) is 0.839. The summed E-state index contributed by atoms with van der Waals surface area (Å²) in [4.78, 5) is 24.2. The third-order valence-electron chi connectivity index (χ3n) is 3.67.